The second-order valence-corrected chi connectivity index (χ2v) is 4.15. The predicted octanol–water partition coefficient (Wildman–Crippen LogP) is 1.47. The van der Waals surface area contributed by atoms with E-state index in [0.29, 0.717) is 0 Å². The van der Waals surface area contributed by atoms with Gasteiger partial charge in [-0.1, -0.05) is 6.58 Å². The molecule has 0 aliphatic carbocycles. The molecular formula is C13H12N6. The lowest BCUT2D eigenvalue weighted by Gasteiger charge is -2.08. The number of hydrogen-bond donors (Lipinski definition) is 1. The third-order valence-corrected chi connectivity index (χ3v) is 2.89. The molecule has 0 atom stereocenters. The van der Waals surface area contributed by atoms with E-state index in [0.717, 1.165) is 28.2 Å². The van der Waals surface area contributed by atoms with Crippen LogP contribution in [0.3, 0.4) is 0 Å². The minimum atomic E-state index is 0.257. The van der Waals surface area contributed by atoms with Crippen LogP contribution in [0.25, 0.3) is 11.2 Å². The minimum Gasteiger partial charge on any atom is -0.368 e. The molecule has 0 aliphatic heterocycles. The van der Waals surface area contributed by atoms with E-state index in [4.69, 9.17) is 5.73 Å². The van der Waals surface area contributed by atoms with Crippen molar-refractivity contribution < 1.29 is 0 Å². The SMILES string of the molecule is C=C(c1ccc2nccn2n1)c1cnc(N)nc1C. The number of rotatable bonds is 2. The molecule has 0 fully saturated rings. The Morgan fingerprint density at radius 3 is 2.95 bits per heavy atom. The molecule has 0 aliphatic rings. The van der Waals surface area contributed by atoms with Crippen molar-refractivity contribution in [2.75, 3.05) is 5.73 Å². The predicted molar refractivity (Wildman–Crippen MR) is 72.3 cm³/mol. The summed E-state index contributed by atoms with van der Waals surface area (Å²) in [6, 6.07) is 3.77. The van der Waals surface area contributed by atoms with E-state index >= 15 is 0 Å². The summed E-state index contributed by atoms with van der Waals surface area (Å²) >= 11 is 0. The lowest BCUT2D eigenvalue weighted by molar-refractivity contribution is 0.921. The number of anilines is 1. The van der Waals surface area contributed by atoms with Gasteiger partial charge in [0.2, 0.25) is 5.95 Å². The van der Waals surface area contributed by atoms with Crippen LogP contribution in [0.5, 0.6) is 0 Å². The Kier molecular flexibility index (Phi) is 2.49. The van der Waals surface area contributed by atoms with Crippen LogP contribution in [0.15, 0.2) is 37.3 Å². The first-order valence-electron chi connectivity index (χ1n) is 5.74. The average molecular weight is 252 g/mol. The summed E-state index contributed by atoms with van der Waals surface area (Å²) in [5.41, 5.74) is 9.47. The molecule has 3 heterocycles. The Labute approximate surface area is 109 Å². The molecule has 6 heteroatoms. The molecule has 0 radical (unpaired) electrons. The van der Waals surface area contributed by atoms with Crippen LogP contribution < -0.4 is 5.73 Å². The van der Waals surface area contributed by atoms with E-state index in [1.165, 1.54) is 0 Å². The van der Waals surface area contributed by atoms with E-state index in [1.54, 1.807) is 23.1 Å². The fourth-order valence-electron chi connectivity index (χ4n) is 1.90. The second kappa shape index (κ2) is 4.16. The number of aromatic nitrogens is 5. The molecule has 94 valence electrons. The lowest BCUT2D eigenvalue weighted by Crippen LogP contribution is -2.02. The zero-order valence-corrected chi connectivity index (χ0v) is 10.4. The van der Waals surface area contributed by atoms with Crippen LogP contribution in [0.4, 0.5) is 5.95 Å². The van der Waals surface area contributed by atoms with Gasteiger partial charge in [0.15, 0.2) is 5.65 Å². The first-order valence-corrected chi connectivity index (χ1v) is 5.74. The van der Waals surface area contributed by atoms with Crippen molar-refractivity contribution >= 4 is 17.2 Å². The van der Waals surface area contributed by atoms with E-state index in [1.807, 2.05) is 19.1 Å². The summed E-state index contributed by atoms with van der Waals surface area (Å²) in [5.74, 6) is 0.257. The molecule has 0 saturated heterocycles. The molecule has 6 nitrogen and oxygen atoms in total. The fraction of sp³-hybridized carbons (Fsp3) is 0.0769. The molecule has 2 N–H and O–H groups in total. The van der Waals surface area contributed by atoms with E-state index < -0.39 is 0 Å². The maximum atomic E-state index is 5.55. The normalized spacial score (nSPS) is 10.8. The molecule has 3 aromatic rings. The highest BCUT2D eigenvalue weighted by atomic mass is 15.2. The zero-order chi connectivity index (χ0) is 13.4. The average Bonchev–Trinajstić information content (AvgIpc) is 2.85. The van der Waals surface area contributed by atoms with Gasteiger partial charge in [0.25, 0.3) is 0 Å². The van der Waals surface area contributed by atoms with Crippen LogP contribution in [-0.4, -0.2) is 24.6 Å². The molecule has 0 unspecified atom stereocenters. The van der Waals surface area contributed by atoms with Crippen LogP contribution >= 0.6 is 0 Å². The number of hydrogen-bond acceptors (Lipinski definition) is 5. The van der Waals surface area contributed by atoms with Gasteiger partial charge in [0.05, 0.1) is 11.4 Å². The number of fused-ring (bicyclic) bond motifs is 1. The summed E-state index contributed by atoms with van der Waals surface area (Å²) in [5, 5.41) is 4.44. The highest BCUT2D eigenvalue weighted by molar-refractivity contribution is 5.77. The Morgan fingerprint density at radius 2 is 2.16 bits per heavy atom. The van der Waals surface area contributed by atoms with Crippen LogP contribution in [0.2, 0.25) is 0 Å². The quantitative estimate of drug-likeness (QED) is 0.746. The highest BCUT2D eigenvalue weighted by Gasteiger charge is 2.10. The summed E-state index contributed by atoms with van der Waals surface area (Å²) in [6.45, 7) is 5.93. The molecule has 19 heavy (non-hydrogen) atoms. The maximum Gasteiger partial charge on any atom is 0.220 e. The Morgan fingerprint density at radius 1 is 1.32 bits per heavy atom. The van der Waals surface area contributed by atoms with E-state index in [-0.39, 0.29) is 5.95 Å². The van der Waals surface area contributed by atoms with E-state index in [2.05, 4.69) is 26.6 Å². The van der Waals surface area contributed by atoms with Gasteiger partial charge in [0.1, 0.15) is 0 Å². The minimum absolute atomic E-state index is 0.257. The number of nitrogens with zero attached hydrogens (tertiary/aromatic N) is 5. The van der Waals surface area contributed by atoms with Crippen molar-refractivity contribution in [2.24, 2.45) is 0 Å². The smallest absolute Gasteiger partial charge is 0.220 e. The van der Waals surface area contributed by atoms with Gasteiger partial charge >= 0.3 is 0 Å². The van der Waals surface area contributed by atoms with Gasteiger partial charge < -0.3 is 5.73 Å². The zero-order valence-electron chi connectivity index (χ0n) is 10.4. The van der Waals surface area contributed by atoms with Crippen molar-refractivity contribution in [2.45, 2.75) is 6.92 Å². The lowest BCUT2D eigenvalue weighted by atomic mass is 10.1. The van der Waals surface area contributed by atoms with Gasteiger partial charge in [-0.25, -0.2) is 19.5 Å². The number of imidazole rings is 1. The maximum absolute atomic E-state index is 5.55. The molecule has 0 bridgehead atoms. The number of nitrogen functional groups attached to an aromatic ring is 1. The first kappa shape index (κ1) is 11.3. The first-order chi connectivity index (χ1) is 9.15. The molecule has 0 spiro atoms. The highest BCUT2D eigenvalue weighted by Crippen LogP contribution is 2.21. The van der Waals surface area contributed by atoms with Gasteiger partial charge in [-0.2, -0.15) is 5.10 Å². The third-order valence-electron chi connectivity index (χ3n) is 2.89. The Bertz CT molecular complexity index is 774. The molecule has 0 aromatic carbocycles. The Balaban J connectivity index is 2.07. The van der Waals surface area contributed by atoms with Gasteiger partial charge in [-0.3, -0.25) is 0 Å². The molecule has 3 rings (SSSR count). The van der Waals surface area contributed by atoms with Gasteiger partial charge in [-0.05, 0) is 19.1 Å². The van der Waals surface area contributed by atoms with Crippen molar-refractivity contribution in [3.8, 4) is 0 Å². The molecule has 0 saturated carbocycles. The van der Waals surface area contributed by atoms with Crippen molar-refractivity contribution in [3.63, 3.8) is 0 Å². The largest absolute Gasteiger partial charge is 0.368 e. The molecular weight excluding hydrogens is 240 g/mol. The number of aryl methyl sites for hydroxylation is 1. The second-order valence-electron chi connectivity index (χ2n) is 4.15. The van der Waals surface area contributed by atoms with Crippen molar-refractivity contribution in [1.29, 1.82) is 0 Å². The molecule has 3 aromatic heterocycles. The topological polar surface area (TPSA) is 82.0 Å². The molecule has 0 amide bonds. The van der Waals surface area contributed by atoms with Crippen LogP contribution in [-0.2, 0) is 0 Å². The summed E-state index contributed by atoms with van der Waals surface area (Å²) in [6.07, 6.45) is 5.16. The van der Waals surface area contributed by atoms with Crippen molar-refractivity contribution in [1.82, 2.24) is 24.6 Å². The van der Waals surface area contributed by atoms with Gasteiger partial charge in [-0.15, -0.1) is 0 Å². The standard InChI is InChI=1S/C13H12N6/c1-8(10-7-16-13(14)17-9(10)2)11-3-4-12-15-5-6-19(12)18-11/h3-7H,1H2,2H3,(H2,14,16,17). The summed E-state index contributed by atoms with van der Waals surface area (Å²) in [7, 11) is 0. The fourth-order valence-corrected chi connectivity index (χ4v) is 1.90. The van der Waals surface area contributed by atoms with Crippen LogP contribution in [0, 0.1) is 6.92 Å². The van der Waals surface area contributed by atoms with Crippen LogP contribution in [0.1, 0.15) is 17.0 Å². The number of nitrogens with two attached hydrogens (primary N) is 1. The monoisotopic (exact) mass is 252 g/mol. The van der Waals surface area contributed by atoms with E-state index in [9.17, 15) is 0 Å². The third kappa shape index (κ3) is 1.93. The Hall–Kier alpha value is -2.76. The van der Waals surface area contributed by atoms with Crippen molar-refractivity contribution in [3.05, 3.63) is 54.3 Å². The summed E-state index contributed by atoms with van der Waals surface area (Å²) in [4.78, 5) is 12.3. The summed E-state index contributed by atoms with van der Waals surface area (Å²) < 4.78 is 1.70. The van der Waals surface area contributed by atoms with Gasteiger partial charge in [0, 0.05) is 29.7 Å².